The number of aromatic hydroxyl groups is 1. The highest BCUT2D eigenvalue weighted by molar-refractivity contribution is 6.13. The Morgan fingerprint density at radius 1 is 1.14 bits per heavy atom. The van der Waals surface area contributed by atoms with Crippen LogP contribution in [-0.2, 0) is 6.54 Å². The molecule has 0 aliphatic carbocycles. The highest BCUT2D eigenvalue weighted by Gasteiger charge is 2.21. The quantitative estimate of drug-likeness (QED) is 0.228. The minimum atomic E-state index is -0.249. The van der Waals surface area contributed by atoms with Crippen LogP contribution in [0.5, 0.6) is 5.75 Å². The first-order valence-electron chi connectivity index (χ1n) is 9.34. The minimum Gasteiger partial charge on any atom is -0.506 e. The Labute approximate surface area is 160 Å². The van der Waals surface area contributed by atoms with Gasteiger partial charge in [-0.3, -0.25) is 4.79 Å². The molecule has 0 atom stereocenters. The molecule has 0 unspecified atom stereocenters. The number of aliphatic hydroxyl groups excluding tert-OH is 1. The van der Waals surface area contributed by atoms with E-state index in [0.717, 1.165) is 16.6 Å². The Bertz CT molecular complexity index is 1190. The van der Waals surface area contributed by atoms with Crippen molar-refractivity contribution in [2.45, 2.75) is 13.0 Å². The average molecular weight is 381 g/mol. The van der Waals surface area contributed by atoms with Crippen LogP contribution in [0.1, 0.15) is 12.1 Å². The first-order chi connectivity index (χ1) is 13.7. The number of aromatic nitrogens is 2. The molecule has 2 aromatic heterocycles. The van der Waals surface area contributed by atoms with Crippen LogP contribution < -0.4 is 21.8 Å². The maximum atomic E-state index is 12.5. The second kappa shape index (κ2) is 7.59. The Morgan fingerprint density at radius 2 is 2.00 bits per heavy atom. The zero-order valence-corrected chi connectivity index (χ0v) is 15.4. The molecule has 0 spiro atoms. The van der Waals surface area contributed by atoms with Gasteiger partial charge in [-0.1, -0.05) is 6.07 Å². The van der Waals surface area contributed by atoms with Crippen LogP contribution in [0.25, 0.3) is 27.2 Å². The van der Waals surface area contributed by atoms with Crippen molar-refractivity contribution in [2.24, 2.45) is 5.73 Å². The van der Waals surface area contributed by atoms with E-state index in [1.54, 1.807) is 16.6 Å². The fourth-order valence-corrected chi connectivity index (χ4v) is 3.64. The standard InChI is InChI=1S/C20H23N5O3/c21-7-9-23-13-6-5-12-14(11-22-8-2-10-26)24-25-15-3-1-4-16(27)18(15)20(28)17(13)19(12)25/h1,3-6,22-23,26,28H,2,7-11,21H2. The van der Waals surface area contributed by atoms with Gasteiger partial charge in [-0.05, 0) is 37.2 Å². The normalized spacial score (nSPS) is 11.8. The van der Waals surface area contributed by atoms with Gasteiger partial charge in [-0.2, -0.15) is 5.10 Å². The minimum absolute atomic E-state index is 0.0436. The van der Waals surface area contributed by atoms with Crippen LogP contribution in [0.3, 0.4) is 0 Å². The van der Waals surface area contributed by atoms with E-state index in [-0.39, 0.29) is 23.2 Å². The third kappa shape index (κ3) is 2.91. The number of nitrogens with two attached hydrogens (primary N) is 1. The maximum Gasteiger partial charge on any atom is 0.191 e. The van der Waals surface area contributed by atoms with Crippen molar-refractivity contribution >= 4 is 32.9 Å². The SMILES string of the molecule is NCCNc1ccc2c(CNCCCO)nn3c4cccc(=O)c4c(O)c1c23. The number of nitrogens with one attached hydrogen (secondary N) is 2. The van der Waals surface area contributed by atoms with Gasteiger partial charge in [0.1, 0.15) is 5.75 Å². The van der Waals surface area contributed by atoms with E-state index in [1.807, 2.05) is 12.1 Å². The van der Waals surface area contributed by atoms with Crippen LogP contribution in [0.4, 0.5) is 5.69 Å². The molecule has 0 aliphatic heterocycles. The maximum absolute atomic E-state index is 12.5. The van der Waals surface area contributed by atoms with Gasteiger partial charge in [-0.25, -0.2) is 4.52 Å². The summed E-state index contributed by atoms with van der Waals surface area (Å²) in [5.74, 6) is -0.0436. The Balaban J connectivity index is 2.00. The topological polar surface area (TPSA) is 125 Å². The number of fused-ring (bicyclic) bond motifs is 2. The fourth-order valence-electron chi connectivity index (χ4n) is 3.64. The molecule has 2 heterocycles. The number of benzene rings is 2. The lowest BCUT2D eigenvalue weighted by Gasteiger charge is -2.13. The van der Waals surface area contributed by atoms with E-state index in [1.165, 1.54) is 6.07 Å². The van der Waals surface area contributed by atoms with E-state index in [4.69, 9.17) is 15.9 Å². The third-order valence-corrected chi connectivity index (χ3v) is 4.89. The highest BCUT2D eigenvalue weighted by Crippen LogP contribution is 2.40. The predicted octanol–water partition coefficient (Wildman–Crippen LogP) is 0.987. The van der Waals surface area contributed by atoms with Gasteiger partial charge in [0, 0.05) is 37.3 Å². The average Bonchev–Trinajstić information content (AvgIpc) is 3.07. The monoisotopic (exact) mass is 381 g/mol. The highest BCUT2D eigenvalue weighted by atomic mass is 16.3. The molecule has 0 fully saturated rings. The molecular weight excluding hydrogens is 358 g/mol. The third-order valence-electron chi connectivity index (χ3n) is 4.89. The van der Waals surface area contributed by atoms with Gasteiger partial charge >= 0.3 is 0 Å². The Morgan fingerprint density at radius 3 is 2.79 bits per heavy atom. The van der Waals surface area contributed by atoms with Crippen LogP contribution in [0.2, 0.25) is 0 Å². The van der Waals surface area contributed by atoms with E-state index in [0.29, 0.717) is 49.2 Å². The molecule has 2 aromatic carbocycles. The summed E-state index contributed by atoms with van der Waals surface area (Å²) >= 11 is 0. The summed E-state index contributed by atoms with van der Waals surface area (Å²) < 4.78 is 1.73. The number of hydrogen-bond acceptors (Lipinski definition) is 7. The molecular formula is C20H23N5O3. The van der Waals surface area contributed by atoms with Gasteiger partial charge in [0.15, 0.2) is 5.43 Å². The van der Waals surface area contributed by atoms with E-state index in [2.05, 4.69) is 10.6 Å². The summed E-state index contributed by atoms with van der Waals surface area (Å²) in [7, 11) is 0. The van der Waals surface area contributed by atoms with Crippen molar-refractivity contribution in [2.75, 3.05) is 31.6 Å². The zero-order chi connectivity index (χ0) is 19.7. The van der Waals surface area contributed by atoms with Gasteiger partial charge in [0.25, 0.3) is 0 Å². The lowest BCUT2D eigenvalue weighted by atomic mass is 10.0. The molecule has 146 valence electrons. The molecule has 0 aliphatic rings. The van der Waals surface area contributed by atoms with Gasteiger partial charge in [-0.15, -0.1) is 0 Å². The van der Waals surface area contributed by atoms with Gasteiger partial charge in [0.05, 0.1) is 27.5 Å². The smallest absolute Gasteiger partial charge is 0.191 e. The van der Waals surface area contributed by atoms with Gasteiger partial charge < -0.3 is 26.6 Å². The summed E-state index contributed by atoms with van der Waals surface area (Å²) in [6.07, 6.45) is 0.661. The van der Waals surface area contributed by atoms with Crippen molar-refractivity contribution in [3.8, 4) is 5.75 Å². The van der Waals surface area contributed by atoms with E-state index < -0.39 is 0 Å². The number of hydrogen-bond donors (Lipinski definition) is 5. The van der Waals surface area contributed by atoms with Crippen molar-refractivity contribution < 1.29 is 10.2 Å². The molecule has 4 rings (SSSR count). The van der Waals surface area contributed by atoms with Crippen LogP contribution in [-0.4, -0.2) is 46.1 Å². The predicted molar refractivity (Wildman–Crippen MR) is 110 cm³/mol. The van der Waals surface area contributed by atoms with Crippen LogP contribution in [0, 0.1) is 0 Å². The Kier molecular flexibility index (Phi) is 4.99. The molecule has 6 N–H and O–H groups in total. The number of nitrogens with zero attached hydrogens (tertiary/aromatic N) is 2. The van der Waals surface area contributed by atoms with Gasteiger partial charge in [0.2, 0.25) is 0 Å². The first kappa shape index (κ1) is 18.4. The first-order valence-corrected chi connectivity index (χ1v) is 9.34. The largest absolute Gasteiger partial charge is 0.506 e. The van der Waals surface area contributed by atoms with E-state index >= 15 is 0 Å². The number of pyridine rings is 1. The number of rotatable bonds is 8. The summed E-state index contributed by atoms with van der Waals surface area (Å²) in [6, 6.07) is 8.73. The molecule has 0 saturated carbocycles. The Hall–Kier alpha value is -2.94. The molecule has 28 heavy (non-hydrogen) atoms. The molecule has 0 amide bonds. The summed E-state index contributed by atoms with van der Waals surface area (Å²) in [5.41, 5.74) is 8.23. The molecule has 4 aromatic rings. The molecule has 0 bridgehead atoms. The van der Waals surface area contributed by atoms with Crippen molar-refractivity contribution in [1.29, 1.82) is 0 Å². The lowest BCUT2D eigenvalue weighted by Crippen LogP contribution is -2.16. The fraction of sp³-hybridized carbons (Fsp3) is 0.300. The van der Waals surface area contributed by atoms with Crippen LogP contribution in [0.15, 0.2) is 35.1 Å². The summed E-state index contributed by atoms with van der Waals surface area (Å²) in [6.45, 7) is 2.31. The second-order valence-electron chi connectivity index (χ2n) is 6.71. The molecule has 0 radical (unpaired) electrons. The van der Waals surface area contributed by atoms with Crippen molar-refractivity contribution in [1.82, 2.24) is 14.9 Å². The zero-order valence-electron chi connectivity index (χ0n) is 15.4. The lowest BCUT2D eigenvalue weighted by molar-refractivity contribution is 0.286. The van der Waals surface area contributed by atoms with Crippen molar-refractivity contribution in [3.05, 3.63) is 46.2 Å². The van der Waals surface area contributed by atoms with Crippen LogP contribution >= 0.6 is 0 Å². The molecule has 8 nitrogen and oxygen atoms in total. The second-order valence-corrected chi connectivity index (χ2v) is 6.71. The van der Waals surface area contributed by atoms with Crippen molar-refractivity contribution in [3.63, 3.8) is 0 Å². The molecule has 0 saturated heterocycles. The summed E-state index contributed by atoms with van der Waals surface area (Å²) in [5, 5.41) is 32.9. The number of anilines is 1. The number of aliphatic hydroxyl groups is 1. The molecule has 8 heteroatoms. The van der Waals surface area contributed by atoms with E-state index in [9.17, 15) is 9.90 Å². The summed E-state index contributed by atoms with van der Waals surface area (Å²) in [4.78, 5) is 12.5.